The molecule has 0 radical (unpaired) electrons. The molecule has 1 amide bonds. The lowest BCUT2D eigenvalue weighted by Gasteiger charge is -2.23. The Hall–Kier alpha value is -1.33. The van der Waals surface area contributed by atoms with Crippen molar-refractivity contribution in [3.63, 3.8) is 0 Å². The number of carbonyl (C=O) groups is 1. The van der Waals surface area contributed by atoms with Crippen LogP contribution in [0.25, 0.3) is 0 Å². The van der Waals surface area contributed by atoms with Crippen molar-refractivity contribution in [2.45, 2.75) is 19.9 Å². The van der Waals surface area contributed by atoms with Crippen molar-refractivity contribution >= 4 is 5.91 Å². The SMILES string of the molecule is Cc1ccc(CN(CCN(C)C)C(=O)CCN)o1. The Kier molecular flexibility index (Phi) is 5.88. The Balaban J connectivity index is 2.61. The molecular formula is C13H23N3O2. The molecule has 0 aliphatic carbocycles. The molecule has 1 heterocycles. The van der Waals surface area contributed by atoms with Gasteiger partial charge in [0.1, 0.15) is 11.5 Å². The molecule has 5 heteroatoms. The van der Waals surface area contributed by atoms with E-state index in [1.807, 2.05) is 33.2 Å². The number of likely N-dealkylation sites (N-methyl/N-ethyl adjacent to an activating group) is 1. The van der Waals surface area contributed by atoms with Gasteiger partial charge in [0.05, 0.1) is 6.54 Å². The van der Waals surface area contributed by atoms with E-state index < -0.39 is 0 Å². The summed E-state index contributed by atoms with van der Waals surface area (Å²) in [6, 6.07) is 3.82. The molecule has 0 bridgehead atoms. The molecule has 0 aromatic carbocycles. The van der Waals surface area contributed by atoms with Crippen molar-refractivity contribution in [2.24, 2.45) is 5.73 Å². The van der Waals surface area contributed by atoms with E-state index in [2.05, 4.69) is 4.90 Å². The average molecular weight is 253 g/mol. The molecule has 0 fully saturated rings. The van der Waals surface area contributed by atoms with Gasteiger partial charge >= 0.3 is 0 Å². The maximum absolute atomic E-state index is 12.0. The second kappa shape index (κ2) is 7.18. The molecule has 18 heavy (non-hydrogen) atoms. The molecule has 0 saturated heterocycles. The van der Waals surface area contributed by atoms with Gasteiger partial charge in [0.2, 0.25) is 5.91 Å². The molecule has 102 valence electrons. The van der Waals surface area contributed by atoms with E-state index >= 15 is 0 Å². The number of amides is 1. The largest absolute Gasteiger partial charge is 0.464 e. The van der Waals surface area contributed by atoms with Crippen LogP contribution < -0.4 is 5.73 Å². The number of carbonyl (C=O) groups excluding carboxylic acids is 1. The summed E-state index contributed by atoms with van der Waals surface area (Å²) in [4.78, 5) is 15.8. The number of hydrogen-bond donors (Lipinski definition) is 1. The van der Waals surface area contributed by atoms with E-state index in [1.54, 1.807) is 4.90 Å². The molecule has 1 aromatic heterocycles. The van der Waals surface area contributed by atoms with Crippen LogP contribution in [0.5, 0.6) is 0 Å². The summed E-state index contributed by atoms with van der Waals surface area (Å²) in [6.07, 6.45) is 0.382. The van der Waals surface area contributed by atoms with E-state index in [-0.39, 0.29) is 5.91 Å². The highest BCUT2D eigenvalue weighted by atomic mass is 16.3. The van der Waals surface area contributed by atoms with Gasteiger partial charge in [-0.2, -0.15) is 0 Å². The van der Waals surface area contributed by atoms with Gasteiger partial charge in [-0.1, -0.05) is 0 Å². The maximum Gasteiger partial charge on any atom is 0.224 e. The third-order valence-electron chi connectivity index (χ3n) is 2.67. The number of aryl methyl sites for hydroxylation is 1. The Labute approximate surface area is 109 Å². The van der Waals surface area contributed by atoms with Crippen LogP contribution in [0.4, 0.5) is 0 Å². The van der Waals surface area contributed by atoms with Crippen LogP contribution in [0.1, 0.15) is 17.9 Å². The van der Waals surface area contributed by atoms with Crippen LogP contribution in [0.2, 0.25) is 0 Å². The fourth-order valence-electron chi connectivity index (χ4n) is 1.65. The second-order valence-corrected chi connectivity index (χ2v) is 4.67. The number of rotatable bonds is 7. The highest BCUT2D eigenvalue weighted by Gasteiger charge is 2.14. The maximum atomic E-state index is 12.0. The van der Waals surface area contributed by atoms with Crippen LogP contribution in [0.3, 0.4) is 0 Å². The minimum absolute atomic E-state index is 0.0772. The fourth-order valence-corrected chi connectivity index (χ4v) is 1.65. The van der Waals surface area contributed by atoms with Crippen LogP contribution >= 0.6 is 0 Å². The standard InChI is InChI=1S/C13H23N3O2/c1-11-4-5-12(18-11)10-16(9-8-15(2)3)13(17)6-7-14/h4-5H,6-10,14H2,1-3H3. The van der Waals surface area contributed by atoms with Gasteiger partial charge in [-0.3, -0.25) is 4.79 Å². The number of hydrogen-bond acceptors (Lipinski definition) is 4. The Morgan fingerprint density at radius 1 is 1.33 bits per heavy atom. The van der Waals surface area contributed by atoms with Gasteiger partial charge in [-0.05, 0) is 33.2 Å². The Morgan fingerprint density at radius 3 is 2.56 bits per heavy atom. The first kappa shape index (κ1) is 14.7. The first-order valence-corrected chi connectivity index (χ1v) is 6.21. The molecular weight excluding hydrogens is 230 g/mol. The Bertz CT molecular complexity index is 374. The number of nitrogens with zero attached hydrogens (tertiary/aromatic N) is 2. The third-order valence-corrected chi connectivity index (χ3v) is 2.67. The second-order valence-electron chi connectivity index (χ2n) is 4.67. The van der Waals surface area contributed by atoms with Crippen LogP contribution in [-0.4, -0.2) is 49.4 Å². The van der Waals surface area contributed by atoms with Crippen molar-refractivity contribution in [1.29, 1.82) is 0 Å². The number of furan rings is 1. The molecule has 2 N–H and O–H groups in total. The summed E-state index contributed by atoms with van der Waals surface area (Å²) in [6.45, 7) is 4.31. The summed E-state index contributed by atoms with van der Waals surface area (Å²) in [5.41, 5.74) is 5.44. The molecule has 5 nitrogen and oxygen atoms in total. The third kappa shape index (κ3) is 4.89. The molecule has 0 spiro atoms. The van der Waals surface area contributed by atoms with E-state index in [0.29, 0.717) is 26.1 Å². The molecule has 0 atom stereocenters. The van der Waals surface area contributed by atoms with Crippen LogP contribution in [0.15, 0.2) is 16.5 Å². The average Bonchev–Trinajstić information content (AvgIpc) is 2.70. The zero-order valence-corrected chi connectivity index (χ0v) is 11.5. The zero-order chi connectivity index (χ0) is 13.5. The fraction of sp³-hybridized carbons (Fsp3) is 0.615. The number of nitrogens with two attached hydrogens (primary N) is 1. The van der Waals surface area contributed by atoms with Gasteiger partial charge < -0.3 is 20.0 Å². The van der Waals surface area contributed by atoms with E-state index in [9.17, 15) is 4.79 Å². The zero-order valence-electron chi connectivity index (χ0n) is 11.5. The predicted octanol–water partition coefficient (Wildman–Crippen LogP) is 0.827. The van der Waals surface area contributed by atoms with Crippen LogP contribution in [0, 0.1) is 6.92 Å². The molecule has 0 saturated carbocycles. The first-order chi connectivity index (χ1) is 8.52. The molecule has 1 aromatic rings. The van der Waals surface area contributed by atoms with Gasteiger partial charge in [-0.15, -0.1) is 0 Å². The lowest BCUT2D eigenvalue weighted by atomic mass is 10.3. The quantitative estimate of drug-likeness (QED) is 0.781. The summed E-state index contributed by atoms with van der Waals surface area (Å²) in [7, 11) is 3.98. The minimum Gasteiger partial charge on any atom is -0.464 e. The van der Waals surface area contributed by atoms with Gasteiger partial charge in [-0.25, -0.2) is 0 Å². The van der Waals surface area contributed by atoms with E-state index in [4.69, 9.17) is 10.2 Å². The highest BCUT2D eigenvalue weighted by molar-refractivity contribution is 5.76. The Morgan fingerprint density at radius 2 is 2.06 bits per heavy atom. The molecule has 0 unspecified atom stereocenters. The topological polar surface area (TPSA) is 62.7 Å². The summed E-state index contributed by atoms with van der Waals surface area (Å²) in [5.74, 6) is 1.76. The summed E-state index contributed by atoms with van der Waals surface area (Å²) in [5, 5.41) is 0. The lowest BCUT2D eigenvalue weighted by Crippen LogP contribution is -2.37. The molecule has 0 aliphatic heterocycles. The van der Waals surface area contributed by atoms with Gasteiger partial charge in [0.15, 0.2) is 0 Å². The highest BCUT2D eigenvalue weighted by Crippen LogP contribution is 2.10. The monoisotopic (exact) mass is 253 g/mol. The first-order valence-electron chi connectivity index (χ1n) is 6.21. The lowest BCUT2D eigenvalue weighted by molar-refractivity contribution is -0.132. The van der Waals surface area contributed by atoms with Crippen molar-refractivity contribution < 1.29 is 9.21 Å². The molecule has 1 rings (SSSR count). The molecule has 0 aliphatic rings. The van der Waals surface area contributed by atoms with Crippen molar-refractivity contribution in [2.75, 3.05) is 33.7 Å². The van der Waals surface area contributed by atoms with Crippen molar-refractivity contribution in [3.8, 4) is 0 Å². The minimum atomic E-state index is 0.0772. The predicted molar refractivity (Wildman–Crippen MR) is 71.1 cm³/mol. The van der Waals surface area contributed by atoms with Gasteiger partial charge in [0.25, 0.3) is 0 Å². The van der Waals surface area contributed by atoms with Crippen LogP contribution in [-0.2, 0) is 11.3 Å². The smallest absolute Gasteiger partial charge is 0.224 e. The normalized spacial score (nSPS) is 10.9. The van der Waals surface area contributed by atoms with Crippen molar-refractivity contribution in [3.05, 3.63) is 23.7 Å². The van der Waals surface area contributed by atoms with Gasteiger partial charge in [0, 0.05) is 26.1 Å². The van der Waals surface area contributed by atoms with E-state index in [1.165, 1.54) is 0 Å². The summed E-state index contributed by atoms with van der Waals surface area (Å²) < 4.78 is 5.51. The van der Waals surface area contributed by atoms with Crippen molar-refractivity contribution in [1.82, 2.24) is 9.80 Å². The van der Waals surface area contributed by atoms with E-state index in [0.717, 1.165) is 18.1 Å². The summed E-state index contributed by atoms with van der Waals surface area (Å²) >= 11 is 0.